The van der Waals surface area contributed by atoms with E-state index in [2.05, 4.69) is 5.32 Å². The van der Waals surface area contributed by atoms with Crippen LogP contribution < -0.4 is 9.62 Å². The monoisotopic (exact) mass is 364 g/mol. The molecular weight excluding hydrogens is 345 g/mol. The molecule has 1 saturated carbocycles. The lowest BCUT2D eigenvalue weighted by Crippen LogP contribution is -2.43. The van der Waals surface area contributed by atoms with Gasteiger partial charge in [0.2, 0.25) is 15.9 Å². The third-order valence-corrected chi connectivity index (χ3v) is 5.03. The maximum Gasteiger partial charge on any atom is 0.416 e. The van der Waals surface area contributed by atoms with E-state index in [1.165, 1.54) is 0 Å². The number of hydrogen-bond acceptors (Lipinski definition) is 3. The summed E-state index contributed by atoms with van der Waals surface area (Å²) in [6, 6.07) is 3.72. The van der Waals surface area contributed by atoms with Crippen LogP contribution in [0.2, 0.25) is 0 Å². The first-order valence-electron chi connectivity index (χ1n) is 7.52. The minimum absolute atomic E-state index is 0.0204. The Kier molecular flexibility index (Phi) is 5.42. The van der Waals surface area contributed by atoms with Crippen molar-refractivity contribution in [2.75, 3.05) is 17.1 Å². The van der Waals surface area contributed by atoms with Gasteiger partial charge in [0.1, 0.15) is 6.54 Å². The van der Waals surface area contributed by atoms with Crippen LogP contribution in [0.3, 0.4) is 0 Å². The van der Waals surface area contributed by atoms with E-state index in [0.29, 0.717) is 0 Å². The van der Waals surface area contributed by atoms with E-state index in [0.717, 1.165) is 60.5 Å². The lowest BCUT2D eigenvalue weighted by molar-refractivity contribution is -0.137. The standard InChI is InChI=1S/C15H19F3N2O3S/c1-24(22,23)20(10-14(21)19-12-4-2-3-5-12)13-8-6-11(7-9-13)15(16,17)18/h6-9,12H,2-5,10H2,1H3,(H,19,21). The van der Waals surface area contributed by atoms with E-state index < -0.39 is 34.2 Å². The molecule has 2 rings (SSSR count). The van der Waals surface area contributed by atoms with Crippen molar-refractivity contribution in [1.82, 2.24) is 5.32 Å². The summed E-state index contributed by atoms with van der Waals surface area (Å²) in [7, 11) is -3.80. The molecule has 0 bridgehead atoms. The van der Waals surface area contributed by atoms with Gasteiger partial charge < -0.3 is 5.32 Å². The minimum atomic E-state index is -4.51. The number of sulfonamides is 1. The van der Waals surface area contributed by atoms with Crippen molar-refractivity contribution in [2.45, 2.75) is 37.9 Å². The van der Waals surface area contributed by atoms with E-state index in [-0.39, 0.29) is 11.7 Å². The Labute approximate surface area is 138 Å². The molecule has 1 fully saturated rings. The van der Waals surface area contributed by atoms with Gasteiger partial charge in [-0.3, -0.25) is 9.10 Å². The Hall–Kier alpha value is -1.77. The molecule has 0 atom stereocenters. The number of rotatable bonds is 5. The van der Waals surface area contributed by atoms with Gasteiger partial charge in [0.15, 0.2) is 0 Å². The van der Waals surface area contributed by atoms with Crippen molar-refractivity contribution in [2.24, 2.45) is 0 Å². The summed E-state index contributed by atoms with van der Waals surface area (Å²) in [6.07, 6.45) is 0.136. The molecule has 1 aliphatic rings. The number of alkyl halides is 3. The summed E-state index contributed by atoms with van der Waals surface area (Å²) >= 11 is 0. The molecule has 1 aromatic carbocycles. The highest BCUT2D eigenvalue weighted by Crippen LogP contribution is 2.31. The molecule has 5 nitrogen and oxygen atoms in total. The molecule has 0 unspecified atom stereocenters. The van der Waals surface area contributed by atoms with Crippen LogP contribution in [0.1, 0.15) is 31.2 Å². The number of benzene rings is 1. The molecule has 134 valence electrons. The normalized spacial score (nSPS) is 16.2. The SMILES string of the molecule is CS(=O)(=O)N(CC(=O)NC1CCCC1)c1ccc(C(F)(F)F)cc1. The molecule has 0 aliphatic heterocycles. The highest BCUT2D eigenvalue weighted by molar-refractivity contribution is 7.92. The van der Waals surface area contributed by atoms with Crippen LogP contribution in [0, 0.1) is 0 Å². The number of carbonyl (C=O) groups is 1. The van der Waals surface area contributed by atoms with Gasteiger partial charge in [-0.25, -0.2) is 8.42 Å². The van der Waals surface area contributed by atoms with Crippen molar-refractivity contribution in [3.8, 4) is 0 Å². The van der Waals surface area contributed by atoms with Crippen LogP contribution in [0.4, 0.5) is 18.9 Å². The summed E-state index contributed by atoms with van der Waals surface area (Å²) in [5.41, 5.74) is -0.859. The van der Waals surface area contributed by atoms with E-state index in [1.807, 2.05) is 0 Å². The number of hydrogen-bond donors (Lipinski definition) is 1. The fourth-order valence-electron chi connectivity index (χ4n) is 2.69. The van der Waals surface area contributed by atoms with Crippen LogP contribution in [-0.2, 0) is 21.0 Å². The topological polar surface area (TPSA) is 66.5 Å². The molecule has 0 heterocycles. The van der Waals surface area contributed by atoms with Gasteiger partial charge >= 0.3 is 6.18 Å². The Morgan fingerprint density at radius 1 is 1.21 bits per heavy atom. The second-order valence-corrected chi connectivity index (χ2v) is 7.77. The molecule has 0 radical (unpaired) electrons. The van der Waals surface area contributed by atoms with Crippen LogP contribution in [0.5, 0.6) is 0 Å². The van der Waals surface area contributed by atoms with E-state index in [4.69, 9.17) is 0 Å². The van der Waals surface area contributed by atoms with Crippen molar-refractivity contribution in [3.63, 3.8) is 0 Å². The molecule has 0 aromatic heterocycles. The zero-order valence-electron chi connectivity index (χ0n) is 13.1. The zero-order valence-corrected chi connectivity index (χ0v) is 14.0. The van der Waals surface area contributed by atoms with Gasteiger partial charge in [0, 0.05) is 6.04 Å². The summed E-state index contributed by atoms with van der Waals surface area (Å²) < 4.78 is 62.4. The van der Waals surface area contributed by atoms with Crippen molar-refractivity contribution in [1.29, 1.82) is 0 Å². The Balaban J connectivity index is 2.15. The number of anilines is 1. The van der Waals surface area contributed by atoms with Crippen LogP contribution in [-0.4, -0.2) is 33.2 Å². The lowest BCUT2D eigenvalue weighted by Gasteiger charge is -2.23. The van der Waals surface area contributed by atoms with E-state index in [9.17, 15) is 26.4 Å². The van der Waals surface area contributed by atoms with Gasteiger partial charge in [-0.2, -0.15) is 13.2 Å². The van der Waals surface area contributed by atoms with Crippen LogP contribution in [0.15, 0.2) is 24.3 Å². The fourth-order valence-corrected chi connectivity index (χ4v) is 3.55. The molecule has 1 aliphatic carbocycles. The van der Waals surface area contributed by atoms with Gasteiger partial charge in [0.05, 0.1) is 17.5 Å². The number of amides is 1. The summed E-state index contributed by atoms with van der Waals surface area (Å²) in [6.45, 7) is -0.458. The third kappa shape index (κ3) is 4.86. The lowest BCUT2D eigenvalue weighted by atomic mass is 10.2. The molecule has 9 heteroatoms. The molecule has 1 amide bonds. The Bertz CT molecular complexity index is 681. The van der Waals surface area contributed by atoms with Crippen molar-refractivity contribution >= 4 is 21.6 Å². The number of halogens is 3. The number of nitrogens with one attached hydrogen (secondary N) is 1. The van der Waals surface area contributed by atoms with Gasteiger partial charge in [-0.1, -0.05) is 12.8 Å². The molecule has 0 spiro atoms. The van der Waals surface area contributed by atoms with E-state index >= 15 is 0 Å². The van der Waals surface area contributed by atoms with Gasteiger partial charge in [-0.15, -0.1) is 0 Å². The molecule has 1 aromatic rings. The average molecular weight is 364 g/mol. The Morgan fingerprint density at radius 2 is 1.75 bits per heavy atom. The first kappa shape index (κ1) is 18.6. The highest BCUT2D eigenvalue weighted by Gasteiger charge is 2.31. The largest absolute Gasteiger partial charge is 0.416 e. The molecular formula is C15H19F3N2O3S. The smallest absolute Gasteiger partial charge is 0.352 e. The highest BCUT2D eigenvalue weighted by atomic mass is 32.2. The maximum atomic E-state index is 12.6. The minimum Gasteiger partial charge on any atom is -0.352 e. The first-order chi connectivity index (χ1) is 11.1. The van der Waals surface area contributed by atoms with Crippen molar-refractivity contribution in [3.05, 3.63) is 29.8 Å². The zero-order chi connectivity index (χ0) is 18.0. The third-order valence-electron chi connectivity index (χ3n) is 3.89. The van der Waals surface area contributed by atoms with Crippen LogP contribution in [0.25, 0.3) is 0 Å². The second-order valence-electron chi connectivity index (χ2n) is 5.86. The predicted molar refractivity (Wildman–Crippen MR) is 84.0 cm³/mol. The second kappa shape index (κ2) is 7.00. The van der Waals surface area contributed by atoms with E-state index in [1.54, 1.807) is 0 Å². The van der Waals surface area contributed by atoms with Crippen LogP contribution >= 0.6 is 0 Å². The first-order valence-corrected chi connectivity index (χ1v) is 9.36. The summed E-state index contributed by atoms with van der Waals surface area (Å²) in [4.78, 5) is 12.1. The molecule has 0 saturated heterocycles. The average Bonchev–Trinajstić information content (AvgIpc) is 2.95. The molecule has 1 N–H and O–H groups in total. The summed E-state index contributed by atoms with van der Waals surface area (Å²) in [5, 5.41) is 2.76. The summed E-state index contributed by atoms with van der Waals surface area (Å²) in [5.74, 6) is -0.466. The quantitative estimate of drug-likeness (QED) is 0.873. The molecule has 24 heavy (non-hydrogen) atoms. The van der Waals surface area contributed by atoms with Gasteiger partial charge in [0.25, 0.3) is 0 Å². The predicted octanol–water partition coefficient (Wildman–Crippen LogP) is 2.53. The van der Waals surface area contributed by atoms with Gasteiger partial charge in [-0.05, 0) is 37.1 Å². The fraction of sp³-hybridized carbons (Fsp3) is 0.533. The number of nitrogens with zero attached hydrogens (tertiary/aromatic N) is 1. The maximum absolute atomic E-state index is 12.6. The van der Waals surface area contributed by atoms with Crippen molar-refractivity contribution < 1.29 is 26.4 Å². The number of carbonyl (C=O) groups excluding carboxylic acids is 1. The Morgan fingerprint density at radius 3 is 2.21 bits per heavy atom.